The summed E-state index contributed by atoms with van der Waals surface area (Å²) in [6, 6.07) is 2.86. The maximum absolute atomic E-state index is 13.4. The average molecular weight is 443 g/mol. The second-order valence-corrected chi connectivity index (χ2v) is 9.86. The number of hydrogen-bond donors (Lipinski definition) is 1. The largest absolute Gasteiger partial charge is 0.435 e. The van der Waals surface area contributed by atoms with E-state index in [2.05, 4.69) is 37.7 Å². The fourth-order valence-corrected chi connectivity index (χ4v) is 4.41. The zero-order valence-corrected chi connectivity index (χ0v) is 18.7. The fraction of sp³-hybridized carbons (Fsp3) is 0.652. The first-order valence-electron chi connectivity index (χ1n) is 10.7. The topological polar surface area (TPSA) is 58.6 Å². The lowest BCUT2D eigenvalue weighted by Crippen LogP contribution is -2.62. The van der Waals surface area contributed by atoms with E-state index in [0.29, 0.717) is 17.9 Å². The van der Waals surface area contributed by atoms with Crippen molar-refractivity contribution in [1.82, 2.24) is 10.2 Å². The Labute approximate surface area is 182 Å². The molecule has 2 amide bonds. The highest BCUT2D eigenvalue weighted by atomic mass is 19.3. The van der Waals surface area contributed by atoms with Crippen LogP contribution in [0.15, 0.2) is 18.2 Å². The van der Waals surface area contributed by atoms with Crippen molar-refractivity contribution in [3.05, 3.63) is 29.6 Å². The van der Waals surface area contributed by atoms with Gasteiger partial charge >= 0.3 is 6.61 Å². The summed E-state index contributed by atoms with van der Waals surface area (Å²) in [5, 5.41) is 2.69. The number of likely N-dealkylation sites (tertiary alicyclic amines) is 1. The molecule has 5 nitrogen and oxygen atoms in total. The number of amides is 2. The fourth-order valence-electron chi connectivity index (χ4n) is 4.41. The predicted molar refractivity (Wildman–Crippen MR) is 113 cm³/mol. The third kappa shape index (κ3) is 7.74. The molecule has 0 aromatic heterocycles. The molecule has 174 valence electrons. The van der Waals surface area contributed by atoms with Crippen LogP contribution in [-0.2, 0) is 4.79 Å². The van der Waals surface area contributed by atoms with Crippen molar-refractivity contribution in [2.45, 2.75) is 60.0 Å². The summed E-state index contributed by atoms with van der Waals surface area (Å²) >= 11 is 0. The van der Waals surface area contributed by atoms with E-state index in [1.54, 1.807) is 4.90 Å². The Hall–Kier alpha value is -2.25. The lowest BCUT2D eigenvalue weighted by molar-refractivity contribution is -0.141. The van der Waals surface area contributed by atoms with Gasteiger partial charge in [0.25, 0.3) is 5.91 Å². The van der Waals surface area contributed by atoms with Crippen molar-refractivity contribution in [3.63, 3.8) is 0 Å². The summed E-state index contributed by atoms with van der Waals surface area (Å²) in [5.74, 6) is -1.42. The molecule has 1 saturated heterocycles. The van der Waals surface area contributed by atoms with Crippen LogP contribution in [0.3, 0.4) is 0 Å². The summed E-state index contributed by atoms with van der Waals surface area (Å²) in [4.78, 5) is 24.3. The zero-order valence-electron chi connectivity index (χ0n) is 18.7. The Bertz CT molecular complexity index is 751. The van der Waals surface area contributed by atoms with E-state index in [9.17, 15) is 22.8 Å². The van der Waals surface area contributed by atoms with Crippen molar-refractivity contribution in [3.8, 4) is 5.75 Å². The van der Waals surface area contributed by atoms with Gasteiger partial charge in [-0.05, 0) is 42.7 Å². The Balaban J connectivity index is 0.000000423. The Morgan fingerprint density at radius 1 is 1.29 bits per heavy atom. The molecule has 2 aliphatic rings. The van der Waals surface area contributed by atoms with Gasteiger partial charge in [0.15, 0.2) is 0 Å². The highest BCUT2D eigenvalue weighted by Gasteiger charge is 2.51. The van der Waals surface area contributed by atoms with Gasteiger partial charge in [-0.2, -0.15) is 8.78 Å². The van der Waals surface area contributed by atoms with Gasteiger partial charge in [-0.3, -0.25) is 9.59 Å². The van der Waals surface area contributed by atoms with Gasteiger partial charge in [0, 0.05) is 36.7 Å². The molecular formula is C23H33F3N2O3. The van der Waals surface area contributed by atoms with Crippen LogP contribution in [0.25, 0.3) is 0 Å². The average Bonchev–Trinajstić information content (AvgIpc) is 2.57. The molecule has 1 N–H and O–H groups in total. The third-order valence-electron chi connectivity index (χ3n) is 5.58. The van der Waals surface area contributed by atoms with Crippen LogP contribution >= 0.6 is 0 Å². The number of carbonyl (C=O) groups is 2. The first-order chi connectivity index (χ1) is 14.4. The Morgan fingerprint density at radius 2 is 1.94 bits per heavy atom. The number of carbonyl (C=O) groups excluding carboxylic acids is 2. The monoisotopic (exact) mass is 442 g/mol. The van der Waals surface area contributed by atoms with Crippen LogP contribution in [0.1, 0.15) is 63.7 Å². The van der Waals surface area contributed by atoms with Crippen LogP contribution in [0, 0.1) is 22.6 Å². The van der Waals surface area contributed by atoms with E-state index in [1.165, 1.54) is 12.8 Å². The SMILES string of the molecule is CCCC(C)(C)C.O=CN1CC2(CC(CNC(=O)c3cc(F)cc(OC(F)F)c3)C2)C1. The Kier molecular flexibility index (Phi) is 8.37. The van der Waals surface area contributed by atoms with E-state index in [0.717, 1.165) is 50.5 Å². The van der Waals surface area contributed by atoms with Crippen molar-refractivity contribution in [2.24, 2.45) is 16.7 Å². The number of nitrogens with zero attached hydrogens (tertiary/aromatic N) is 1. The Morgan fingerprint density at radius 3 is 2.42 bits per heavy atom. The van der Waals surface area contributed by atoms with Gasteiger partial charge in [-0.25, -0.2) is 4.39 Å². The van der Waals surface area contributed by atoms with Crippen LogP contribution < -0.4 is 10.1 Å². The highest BCUT2D eigenvalue weighted by Crippen LogP contribution is 2.51. The van der Waals surface area contributed by atoms with Crippen LogP contribution in [0.5, 0.6) is 5.75 Å². The molecule has 1 heterocycles. The maximum Gasteiger partial charge on any atom is 0.387 e. The van der Waals surface area contributed by atoms with Crippen LogP contribution in [-0.4, -0.2) is 43.5 Å². The molecule has 0 radical (unpaired) electrons. The van der Waals surface area contributed by atoms with Crippen molar-refractivity contribution < 1.29 is 27.5 Å². The number of rotatable bonds is 7. The molecule has 1 aliphatic heterocycles. The molecule has 0 atom stereocenters. The maximum atomic E-state index is 13.4. The summed E-state index contributed by atoms with van der Waals surface area (Å²) in [6.07, 6.45) is 5.35. The molecule has 0 unspecified atom stereocenters. The predicted octanol–water partition coefficient (Wildman–Crippen LogP) is 4.86. The van der Waals surface area contributed by atoms with Gasteiger partial charge < -0.3 is 15.0 Å². The normalized spacial score (nSPS) is 17.4. The molecule has 1 spiro atoms. The lowest BCUT2D eigenvalue weighted by Gasteiger charge is -2.58. The lowest BCUT2D eigenvalue weighted by atomic mass is 9.58. The van der Waals surface area contributed by atoms with Crippen molar-refractivity contribution in [2.75, 3.05) is 19.6 Å². The van der Waals surface area contributed by atoms with Gasteiger partial charge in [0.2, 0.25) is 6.41 Å². The van der Waals surface area contributed by atoms with Crippen molar-refractivity contribution in [1.29, 1.82) is 0 Å². The number of hydrogen-bond acceptors (Lipinski definition) is 3. The minimum absolute atomic E-state index is 0.0598. The second-order valence-electron chi connectivity index (χ2n) is 9.86. The molecule has 1 aliphatic carbocycles. The molecule has 8 heteroatoms. The van der Waals surface area contributed by atoms with Gasteiger partial charge in [-0.15, -0.1) is 0 Å². The first kappa shape index (κ1) is 25.0. The number of benzene rings is 1. The summed E-state index contributed by atoms with van der Waals surface area (Å²) < 4.78 is 41.9. The number of ether oxygens (including phenoxy) is 1. The third-order valence-corrected chi connectivity index (χ3v) is 5.58. The molecule has 2 fully saturated rings. The smallest absolute Gasteiger partial charge is 0.387 e. The molecular weight excluding hydrogens is 409 g/mol. The second kappa shape index (κ2) is 10.4. The first-order valence-corrected chi connectivity index (χ1v) is 10.7. The molecule has 1 aromatic rings. The molecule has 3 rings (SSSR count). The van der Waals surface area contributed by atoms with Gasteiger partial charge in [-0.1, -0.05) is 34.1 Å². The van der Waals surface area contributed by atoms with Gasteiger partial charge in [0.1, 0.15) is 11.6 Å². The number of nitrogens with one attached hydrogen (secondary N) is 1. The van der Waals surface area contributed by atoms with E-state index >= 15 is 0 Å². The van der Waals surface area contributed by atoms with E-state index in [-0.39, 0.29) is 16.7 Å². The van der Waals surface area contributed by atoms with Crippen molar-refractivity contribution >= 4 is 12.3 Å². The standard InChI is InChI=1S/C16H17F3N2O3.C7H16/c17-12-1-11(2-13(3-12)24-15(18)19)14(23)20-6-10-4-16(5-10)7-21(8-16)9-22;1-5-6-7(2,3)4/h1-3,9-10,15H,4-8H2,(H,20,23);5-6H2,1-4H3. The van der Waals surface area contributed by atoms with Gasteiger partial charge in [0.05, 0.1) is 0 Å². The number of alkyl halides is 2. The highest BCUT2D eigenvalue weighted by molar-refractivity contribution is 5.94. The minimum atomic E-state index is -3.08. The molecule has 31 heavy (non-hydrogen) atoms. The van der Waals surface area contributed by atoms with Crippen LogP contribution in [0.4, 0.5) is 13.2 Å². The van der Waals surface area contributed by atoms with E-state index in [4.69, 9.17) is 0 Å². The molecule has 1 saturated carbocycles. The van der Waals surface area contributed by atoms with E-state index in [1.807, 2.05) is 0 Å². The minimum Gasteiger partial charge on any atom is -0.435 e. The summed E-state index contributed by atoms with van der Waals surface area (Å²) in [7, 11) is 0. The molecule has 1 aromatic carbocycles. The summed E-state index contributed by atoms with van der Waals surface area (Å²) in [5.41, 5.74) is 0.692. The molecule has 0 bridgehead atoms. The zero-order chi connectivity index (χ0) is 23.2. The van der Waals surface area contributed by atoms with Crippen LogP contribution in [0.2, 0.25) is 0 Å². The summed E-state index contributed by atoms with van der Waals surface area (Å²) in [6.45, 7) is 7.93. The quantitative estimate of drug-likeness (QED) is 0.614. The van der Waals surface area contributed by atoms with E-state index < -0.39 is 18.3 Å². The number of halogens is 3.